The number of halogens is 5. The topological polar surface area (TPSA) is 37.3 Å². The third-order valence-electron chi connectivity index (χ3n) is 1.83. The molecule has 2 nitrogen and oxygen atoms in total. The largest absolute Gasteiger partial charge is 0.507 e. The van der Waals surface area contributed by atoms with E-state index in [9.17, 15) is 18.0 Å². The number of carbonyl (C=O) groups is 1. The van der Waals surface area contributed by atoms with Crippen LogP contribution in [0.3, 0.4) is 0 Å². The summed E-state index contributed by atoms with van der Waals surface area (Å²) in [6.45, 7) is 0. The lowest BCUT2D eigenvalue weighted by molar-refractivity contribution is -0.139. The van der Waals surface area contributed by atoms with E-state index in [0.717, 1.165) is 12.1 Å². The minimum atomic E-state index is -4.72. The fraction of sp³-hybridized carbons (Fsp3) is 0.222. The Balaban J connectivity index is 3.45. The van der Waals surface area contributed by atoms with Crippen molar-refractivity contribution in [3.8, 4) is 5.75 Å². The number of aromatic hydroxyl groups is 1. The van der Waals surface area contributed by atoms with Gasteiger partial charge in [0.1, 0.15) is 11.3 Å². The Kier molecular flexibility index (Phi) is 4.01. The van der Waals surface area contributed by atoms with Crippen molar-refractivity contribution in [2.75, 3.05) is 5.33 Å². The Morgan fingerprint density at radius 1 is 1.38 bits per heavy atom. The molecule has 88 valence electrons. The van der Waals surface area contributed by atoms with Gasteiger partial charge in [-0.1, -0.05) is 15.9 Å². The van der Waals surface area contributed by atoms with Crippen molar-refractivity contribution in [3.05, 3.63) is 27.7 Å². The molecule has 0 saturated carbocycles. The van der Waals surface area contributed by atoms with Gasteiger partial charge in [-0.3, -0.25) is 4.79 Å². The van der Waals surface area contributed by atoms with Crippen LogP contribution in [0.15, 0.2) is 16.6 Å². The first-order chi connectivity index (χ1) is 7.29. The Hall–Kier alpha value is -0.560. The molecule has 0 aromatic heterocycles. The number of hydrogen-bond donors (Lipinski definition) is 1. The highest BCUT2D eigenvalue weighted by Crippen LogP contribution is 2.42. The molecule has 0 aliphatic heterocycles. The summed E-state index contributed by atoms with van der Waals surface area (Å²) < 4.78 is 37.2. The van der Waals surface area contributed by atoms with E-state index in [-0.39, 0.29) is 10.9 Å². The van der Waals surface area contributed by atoms with Gasteiger partial charge in [0.05, 0.1) is 5.33 Å². The summed E-state index contributed by atoms with van der Waals surface area (Å²) in [5, 5.41) is 9.04. The zero-order valence-corrected chi connectivity index (χ0v) is 10.8. The summed E-state index contributed by atoms with van der Waals surface area (Å²) in [4.78, 5) is 11.3. The number of benzene rings is 1. The third-order valence-corrected chi connectivity index (χ3v) is 3.16. The summed E-state index contributed by atoms with van der Waals surface area (Å²) in [6.07, 6.45) is -4.72. The van der Waals surface area contributed by atoms with Gasteiger partial charge < -0.3 is 5.11 Å². The Labute approximate surface area is 106 Å². The average Bonchev–Trinajstić information content (AvgIpc) is 2.14. The van der Waals surface area contributed by atoms with Crippen molar-refractivity contribution < 1.29 is 23.1 Å². The Morgan fingerprint density at radius 2 is 1.94 bits per heavy atom. The van der Waals surface area contributed by atoms with Crippen LogP contribution in [-0.4, -0.2) is 16.2 Å². The SMILES string of the molecule is O=C(CBr)c1ccc(O)c(C(F)(F)F)c1Br. The lowest BCUT2D eigenvalue weighted by Crippen LogP contribution is -2.10. The summed E-state index contributed by atoms with van der Waals surface area (Å²) in [6, 6.07) is 1.99. The van der Waals surface area contributed by atoms with Gasteiger partial charge in [-0.2, -0.15) is 13.2 Å². The number of phenolic OH excluding ortho intramolecular Hbond substituents is 1. The van der Waals surface area contributed by atoms with Gasteiger partial charge in [0.2, 0.25) is 0 Å². The molecule has 0 bridgehead atoms. The van der Waals surface area contributed by atoms with E-state index < -0.39 is 27.7 Å². The number of hydrogen-bond acceptors (Lipinski definition) is 2. The predicted octanol–water partition coefficient (Wildman–Crippen LogP) is 3.75. The van der Waals surface area contributed by atoms with E-state index in [1.165, 1.54) is 0 Å². The highest BCUT2D eigenvalue weighted by atomic mass is 79.9. The molecular formula is C9H5Br2F3O2. The minimum Gasteiger partial charge on any atom is -0.507 e. The molecule has 0 saturated heterocycles. The molecule has 0 spiro atoms. The highest BCUT2D eigenvalue weighted by Gasteiger charge is 2.37. The number of alkyl halides is 4. The molecule has 1 rings (SSSR count). The summed E-state index contributed by atoms with van der Waals surface area (Å²) in [5.41, 5.74) is -1.36. The quantitative estimate of drug-likeness (QED) is 0.643. The molecule has 0 unspecified atom stereocenters. The van der Waals surface area contributed by atoms with E-state index in [0.29, 0.717) is 0 Å². The van der Waals surface area contributed by atoms with Gasteiger partial charge in [-0.15, -0.1) is 0 Å². The van der Waals surface area contributed by atoms with Crippen molar-refractivity contribution in [2.24, 2.45) is 0 Å². The van der Waals surface area contributed by atoms with Crippen molar-refractivity contribution in [3.63, 3.8) is 0 Å². The first-order valence-corrected chi connectivity index (χ1v) is 5.88. The molecule has 0 fully saturated rings. The smallest absolute Gasteiger partial charge is 0.421 e. The fourth-order valence-corrected chi connectivity index (χ4v) is 2.21. The van der Waals surface area contributed by atoms with Crippen LogP contribution < -0.4 is 0 Å². The van der Waals surface area contributed by atoms with Crippen LogP contribution in [-0.2, 0) is 6.18 Å². The van der Waals surface area contributed by atoms with Gasteiger partial charge in [-0.05, 0) is 28.1 Å². The minimum absolute atomic E-state index is 0.0896. The zero-order chi connectivity index (χ0) is 12.5. The number of phenols is 1. The molecular weight excluding hydrogens is 357 g/mol. The van der Waals surface area contributed by atoms with E-state index >= 15 is 0 Å². The lowest BCUT2D eigenvalue weighted by Gasteiger charge is -2.13. The predicted molar refractivity (Wildman–Crippen MR) is 58.9 cm³/mol. The van der Waals surface area contributed by atoms with E-state index in [2.05, 4.69) is 31.9 Å². The van der Waals surface area contributed by atoms with Crippen LogP contribution >= 0.6 is 31.9 Å². The number of Topliss-reactive ketones (excluding diaryl/α,β-unsaturated/α-hetero) is 1. The summed E-state index contributed by atoms with van der Waals surface area (Å²) in [7, 11) is 0. The van der Waals surface area contributed by atoms with Gasteiger partial charge in [-0.25, -0.2) is 0 Å². The van der Waals surface area contributed by atoms with E-state index in [1.807, 2.05) is 0 Å². The molecule has 16 heavy (non-hydrogen) atoms. The maximum absolute atomic E-state index is 12.5. The molecule has 1 N–H and O–H groups in total. The Morgan fingerprint density at radius 3 is 2.38 bits per heavy atom. The van der Waals surface area contributed by atoms with Gasteiger partial charge in [0, 0.05) is 10.0 Å². The van der Waals surface area contributed by atoms with E-state index in [1.54, 1.807) is 0 Å². The molecule has 0 amide bonds. The van der Waals surface area contributed by atoms with Crippen molar-refractivity contribution in [1.29, 1.82) is 0 Å². The molecule has 1 aromatic carbocycles. The van der Waals surface area contributed by atoms with Crippen LogP contribution in [0.4, 0.5) is 13.2 Å². The van der Waals surface area contributed by atoms with Crippen molar-refractivity contribution in [2.45, 2.75) is 6.18 Å². The maximum atomic E-state index is 12.5. The standard InChI is InChI=1S/C9H5Br2F3O2/c10-3-6(16)4-1-2-5(15)7(8(4)11)9(12,13)14/h1-2,15H,3H2. The molecule has 0 aliphatic carbocycles. The lowest BCUT2D eigenvalue weighted by atomic mass is 10.1. The summed E-state index contributed by atoms with van der Waals surface area (Å²) in [5.74, 6) is -1.41. The molecule has 7 heteroatoms. The first kappa shape index (κ1) is 13.5. The first-order valence-electron chi connectivity index (χ1n) is 3.97. The van der Waals surface area contributed by atoms with Crippen LogP contribution in [0.2, 0.25) is 0 Å². The number of rotatable bonds is 2. The van der Waals surface area contributed by atoms with E-state index in [4.69, 9.17) is 5.11 Å². The zero-order valence-electron chi connectivity index (χ0n) is 7.61. The second kappa shape index (κ2) is 4.75. The molecule has 1 aromatic rings. The fourth-order valence-electron chi connectivity index (χ4n) is 1.12. The molecule has 0 radical (unpaired) electrons. The van der Waals surface area contributed by atoms with Gasteiger partial charge in [0.25, 0.3) is 0 Å². The molecule has 0 aliphatic rings. The highest BCUT2D eigenvalue weighted by molar-refractivity contribution is 9.10. The van der Waals surface area contributed by atoms with Crippen LogP contribution in [0.1, 0.15) is 15.9 Å². The maximum Gasteiger partial charge on any atom is 0.421 e. The second-order valence-corrected chi connectivity index (χ2v) is 4.23. The monoisotopic (exact) mass is 360 g/mol. The normalized spacial score (nSPS) is 11.6. The van der Waals surface area contributed by atoms with Crippen LogP contribution in [0.5, 0.6) is 5.75 Å². The number of carbonyl (C=O) groups excluding carboxylic acids is 1. The third kappa shape index (κ3) is 2.57. The van der Waals surface area contributed by atoms with Crippen LogP contribution in [0, 0.1) is 0 Å². The average molecular weight is 362 g/mol. The van der Waals surface area contributed by atoms with Gasteiger partial charge in [0.15, 0.2) is 5.78 Å². The number of ketones is 1. The second-order valence-electron chi connectivity index (χ2n) is 2.88. The van der Waals surface area contributed by atoms with Crippen molar-refractivity contribution in [1.82, 2.24) is 0 Å². The Bertz CT molecular complexity index is 429. The van der Waals surface area contributed by atoms with Gasteiger partial charge >= 0.3 is 6.18 Å². The van der Waals surface area contributed by atoms with Crippen molar-refractivity contribution >= 4 is 37.6 Å². The summed E-state index contributed by atoms with van der Waals surface area (Å²) >= 11 is 5.55. The molecule has 0 atom stereocenters. The molecule has 0 heterocycles. The van der Waals surface area contributed by atoms with Crippen LogP contribution in [0.25, 0.3) is 0 Å².